The number of allylic oxidation sites excluding steroid dienone is 2. The normalized spacial score (nSPS) is 22.4. The molecular formula is C12H14. The van der Waals surface area contributed by atoms with Crippen molar-refractivity contribution >= 4 is 5.57 Å². The van der Waals surface area contributed by atoms with Crippen LogP contribution in [0.2, 0.25) is 0 Å². The van der Waals surface area contributed by atoms with Crippen molar-refractivity contribution in [3.05, 3.63) is 42.0 Å². The molecule has 0 fully saturated rings. The van der Waals surface area contributed by atoms with E-state index < -0.39 is 0 Å². The van der Waals surface area contributed by atoms with Gasteiger partial charge in [0.05, 0.1) is 0 Å². The van der Waals surface area contributed by atoms with Gasteiger partial charge >= 0.3 is 0 Å². The standard InChI is InChI=1S/C12H14/c1-10-7-8-12(9-10)11-5-3-2-4-6-11/h2-6,8,10H,7,9H2,1H3. The molecule has 0 nitrogen and oxygen atoms in total. The summed E-state index contributed by atoms with van der Waals surface area (Å²) in [5, 5.41) is 0. The molecule has 0 heterocycles. The first-order valence-corrected chi connectivity index (χ1v) is 4.61. The topological polar surface area (TPSA) is 0 Å². The first-order valence-electron chi connectivity index (χ1n) is 4.61. The summed E-state index contributed by atoms with van der Waals surface area (Å²) in [5.41, 5.74) is 2.94. The fourth-order valence-electron chi connectivity index (χ4n) is 1.77. The molecule has 1 unspecified atom stereocenters. The van der Waals surface area contributed by atoms with Crippen LogP contribution in [0.15, 0.2) is 36.4 Å². The first kappa shape index (κ1) is 7.60. The fourth-order valence-corrected chi connectivity index (χ4v) is 1.77. The number of rotatable bonds is 1. The van der Waals surface area contributed by atoms with Gasteiger partial charge in [0.25, 0.3) is 0 Å². The zero-order chi connectivity index (χ0) is 8.39. The third-order valence-electron chi connectivity index (χ3n) is 2.48. The maximum absolute atomic E-state index is 2.38. The molecule has 1 aliphatic rings. The minimum Gasteiger partial charge on any atom is -0.0804 e. The van der Waals surface area contributed by atoms with E-state index in [0.29, 0.717) is 0 Å². The number of hydrogen-bond acceptors (Lipinski definition) is 0. The molecule has 2 rings (SSSR count). The SMILES string of the molecule is CC1CC=C(c2ccccc2)C1. The Morgan fingerprint density at radius 3 is 2.50 bits per heavy atom. The summed E-state index contributed by atoms with van der Waals surface area (Å²) in [6.07, 6.45) is 4.88. The van der Waals surface area contributed by atoms with Crippen LogP contribution < -0.4 is 0 Å². The summed E-state index contributed by atoms with van der Waals surface area (Å²) in [6.45, 7) is 2.31. The second-order valence-corrected chi connectivity index (χ2v) is 3.64. The summed E-state index contributed by atoms with van der Waals surface area (Å²) in [5.74, 6) is 0.847. The summed E-state index contributed by atoms with van der Waals surface area (Å²) in [7, 11) is 0. The van der Waals surface area contributed by atoms with Crippen molar-refractivity contribution in [1.82, 2.24) is 0 Å². The van der Waals surface area contributed by atoms with E-state index in [-0.39, 0.29) is 0 Å². The lowest BCUT2D eigenvalue weighted by Gasteiger charge is -2.02. The number of hydrogen-bond donors (Lipinski definition) is 0. The van der Waals surface area contributed by atoms with Gasteiger partial charge in [0, 0.05) is 0 Å². The molecule has 0 saturated carbocycles. The van der Waals surface area contributed by atoms with Gasteiger partial charge < -0.3 is 0 Å². The van der Waals surface area contributed by atoms with E-state index in [2.05, 4.69) is 43.3 Å². The lowest BCUT2D eigenvalue weighted by Crippen LogP contribution is -1.85. The minimum absolute atomic E-state index is 0.847. The zero-order valence-corrected chi connectivity index (χ0v) is 7.46. The Balaban J connectivity index is 2.22. The highest BCUT2D eigenvalue weighted by Gasteiger charge is 2.12. The van der Waals surface area contributed by atoms with Crippen LogP contribution in [-0.2, 0) is 0 Å². The Bertz CT molecular complexity index is 282. The second-order valence-electron chi connectivity index (χ2n) is 3.64. The van der Waals surface area contributed by atoms with Gasteiger partial charge in [-0.1, -0.05) is 43.3 Å². The Morgan fingerprint density at radius 1 is 1.17 bits per heavy atom. The molecule has 1 atom stereocenters. The van der Waals surface area contributed by atoms with Crippen molar-refractivity contribution in [1.29, 1.82) is 0 Å². The molecule has 0 heteroatoms. The zero-order valence-electron chi connectivity index (χ0n) is 7.46. The molecule has 0 bridgehead atoms. The van der Waals surface area contributed by atoms with Crippen LogP contribution in [-0.4, -0.2) is 0 Å². The van der Waals surface area contributed by atoms with Gasteiger partial charge in [-0.25, -0.2) is 0 Å². The van der Waals surface area contributed by atoms with Crippen LogP contribution in [0, 0.1) is 5.92 Å². The van der Waals surface area contributed by atoms with Crippen LogP contribution in [0.25, 0.3) is 5.57 Å². The van der Waals surface area contributed by atoms with Gasteiger partial charge in [-0.15, -0.1) is 0 Å². The van der Waals surface area contributed by atoms with Crippen molar-refractivity contribution in [2.24, 2.45) is 5.92 Å². The van der Waals surface area contributed by atoms with Crippen LogP contribution in [0.5, 0.6) is 0 Å². The average molecular weight is 158 g/mol. The monoisotopic (exact) mass is 158 g/mol. The van der Waals surface area contributed by atoms with Gasteiger partial charge in [-0.3, -0.25) is 0 Å². The Morgan fingerprint density at radius 2 is 1.92 bits per heavy atom. The van der Waals surface area contributed by atoms with Crippen molar-refractivity contribution < 1.29 is 0 Å². The maximum atomic E-state index is 2.38. The predicted molar refractivity (Wildman–Crippen MR) is 52.8 cm³/mol. The van der Waals surface area contributed by atoms with E-state index in [1.165, 1.54) is 24.0 Å². The third kappa shape index (κ3) is 1.42. The molecule has 12 heavy (non-hydrogen) atoms. The van der Waals surface area contributed by atoms with Gasteiger partial charge in [0.1, 0.15) is 0 Å². The van der Waals surface area contributed by atoms with E-state index in [1.807, 2.05) is 0 Å². The highest BCUT2D eigenvalue weighted by atomic mass is 14.2. The summed E-state index contributed by atoms with van der Waals surface area (Å²) in [6, 6.07) is 10.7. The minimum atomic E-state index is 0.847. The molecule has 0 aliphatic heterocycles. The summed E-state index contributed by atoms with van der Waals surface area (Å²) < 4.78 is 0. The summed E-state index contributed by atoms with van der Waals surface area (Å²) in [4.78, 5) is 0. The molecule has 0 amide bonds. The molecule has 0 N–H and O–H groups in total. The molecular weight excluding hydrogens is 144 g/mol. The van der Waals surface area contributed by atoms with Crippen molar-refractivity contribution in [3.8, 4) is 0 Å². The summed E-state index contributed by atoms with van der Waals surface area (Å²) >= 11 is 0. The molecule has 0 saturated heterocycles. The highest BCUT2D eigenvalue weighted by Crippen LogP contribution is 2.31. The van der Waals surface area contributed by atoms with Crippen molar-refractivity contribution in [2.75, 3.05) is 0 Å². The molecule has 62 valence electrons. The van der Waals surface area contributed by atoms with Crippen molar-refractivity contribution in [3.63, 3.8) is 0 Å². The predicted octanol–water partition coefficient (Wildman–Crippen LogP) is 3.50. The molecule has 1 aliphatic carbocycles. The van der Waals surface area contributed by atoms with E-state index in [9.17, 15) is 0 Å². The van der Waals surface area contributed by atoms with Crippen LogP contribution in [0.1, 0.15) is 25.3 Å². The first-order chi connectivity index (χ1) is 5.86. The Hall–Kier alpha value is -1.04. The van der Waals surface area contributed by atoms with E-state index in [4.69, 9.17) is 0 Å². The highest BCUT2D eigenvalue weighted by molar-refractivity contribution is 5.67. The lowest BCUT2D eigenvalue weighted by molar-refractivity contribution is 0.642. The second kappa shape index (κ2) is 3.14. The largest absolute Gasteiger partial charge is 0.0804 e. The van der Waals surface area contributed by atoms with Crippen molar-refractivity contribution in [2.45, 2.75) is 19.8 Å². The van der Waals surface area contributed by atoms with Gasteiger partial charge in [0.2, 0.25) is 0 Å². The van der Waals surface area contributed by atoms with E-state index in [0.717, 1.165) is 5.92 Å². The quantitative estimate of drug-likeness (QED) is 0.586. The smallest absolute Gasteiger partial charge is 0.0228 e. The molecule has 0 spiro atoms. The maximum Gasteiger partial charge on any atom is -0.0228 e. The molecule has 0 aromatic heterocycles. The third-order valence-corrected chi connectivity index (χ3v) is 2.48. The van der Waals surface area contributed by atoms with Gasteiger partial charge in [-0.2, -0.15) is 0 Å². The Kier molecular flexibility index (Phi) is 1.99. The molecule has 1 aromatic carbocycles. The van der Waals surface area contributed by atoms with Crippen LogP contribution >= 0.6 is 0 Å². The van der Waals surface area contributed by atoms with Crippen LogP contribution in [0.3, 0.4) is 0 Å². The fraction of sp³-hybridized carbons (Fsp3) is 0.333. The number of benzene rings is 1. The van der Waals surface area contributed by atoms with E-state index in [1.54, 1.807) is 0 Å². The average Bonchev–Trinajstić information content (AvgIpc) is 2.54. The Labute approximate surface area is 73.9 Å². The van der Waals surface area contributed by atoms with E-state index >= 15 is 0 Å². The van der Waals surface area contributed by atoms with Gasteiger partial charge in [-0.05, 0) is 29.9 Å². The van der Waals surface area contributed by atoms with Gasteiger partial charge in [0.15, 0.2) is 0 Å². The lowest BCUT2D eigenvalue weighted by atomic mass is 10.0. The van der Waals surface area contributed by atoms with Crippen LogP contribution in [0.4, 0.5) is 0 Å². The molecule has 0 radical (unpaired) electrons. The molecule has 1 aromatic rings.